The normalized spacial score (nSPS) is 11.6. The van der Waals surface area contributed by atoms with Crippen LogP contribution in [0.25, 0.3) is 0 Å². The van der Waals surface area contributed by atoms with Crippen LogP contribution in [-0.4, -0.2) is 32.4 Å². The lowest BCUT2D eigenvalue weighted by molar-refractivity contribution is 0.175. The summed E-state index contributed by atoms with van der Waals surface area (Å²) >= 11 is 12.4. The third-order valence-corrected chi connectivity index (χ3v) is 4.50. The molecule has 2 N–H and O–H groups in total. The molecule has 138 valence electrons. The van der Waals surface area contributed by atoms with Crippen molar-refractivity contribution in [3.63, 3.8) is 0 Å². The van der Waals surface area contributed by atoms with Crippen LogP contribution >= 0.6 is 35.6 Å². The second-order valence-corrected chi connectivity index (χ2v) is 6.05. The Kier molecular flexibility index (Phi) is 9.39. The first-order valence-corrected chi connectivity index (χ1v) is 8.36. The summed E-state index contributed by atoms with van der Waals surface area (Å²) in [6, 6.07) is 11.0. The molecule has 2 aromatic rings. The lowest BCUT2D eigenvalue weighted by Crippen LogP contribution is -2.24. The van der Waals surface area contributed by atoms with Gasteiger partial charge in [-0.05, 0) is 30.7 Å². The molecule has 0 aliphatic carbocycles. The minimum absolute atomic E-state index is 0. The summed E-state index contributed by atoms with van der Waals surface area (Å²) in [6.07, 6.45) is 0.0496. The van der Waals surface area contributed by atoms with E-state index in [9.17, 15) is 5.11 Å². The van der Waals surface area contributed by atoms with E-state index in [2.05, 4.69) is 5.32 Å². The number of benzene rings is 2. The maximum absolute atomic E-state index is 10.2. The number of aliphatic hydroxyl groups excluding tert-OH is 1. The van der Waals surface area contributed by atoms with Crippen molar-refractivity contribution in [1.29, 1.82) is 0 Å². The highest BCUT2D eigenvalue weighted by molar-refractivity contribution is 6.33. The molecule has 1 atom stereocenters. The van der Waals surface area contributed by atoms with Crippen LogP contribution in [0.2, 0.25) is 10.0 Å². The number of methoxy groups -OCH3 is 2. The molecule has 7 heteroatoms. The van der Waals surface area contributed by atoms with E-state index < -0.39 is 6.10 Å². The van der Waals surface area contributed by atoms with E-state index in [1.54, 1.807) is 20.3 Å². The van der Waals surface area contributed by atoms with Crippen molar-refractivity contribution in [3.05, 3.63) is 57.6 Å². The number of hydrogen-bond acceptors (Lipinski definition) is 4. The van der Waals surface area contributed by atoms with E-state index in [0.717, 1.165) is 11.1 Å². The summed E-state index contributed by atoms with van der Waals surface area (Å²) in [5.74, 6) is 1.14. The number of halogens is 3. The van der Waals surface area contributed by atoms with Gasteiger partial charge in [0.25, 0.3) is 0 Å². The second-order valence-electron chi connectivity index (χ2n) is 5.27. The Balaban J connectivity index is 0.00000312. The zero-order valence-corrected chi connectivity index (χ0v) is 16.4. The Labute approximate surface area is 164 Å². The summed E-state index contributed by atoms with van der Waals surface area (Å²) in [4.78, 5) is 0. The number of rotatable bonds is 8. The van der Waals surface area contributed by atoms with Crippen LogP contribution in [0, 0.1) is 0 Å². The van der Waals surface area contributed by atoms with E-state index in [0.29, 0.717) is 41.1 Å². The average Bonchev–Trinajstić information content (AvgIpc) is 2.59. The predicted octanol–water partition coefficient (Wildman–Crippen LogP) is 4.30. The Morgan fingerprint density at radius 2 is 1.80 bits per heavy atom. The maximum atomic E-state index is 10.2. The lowest BCUT2D eigenvalue weighted by atomic mass is 10.1. The van der Waals surface area contributed by atoms with Gasteiger partial charge in [-0.15, -0.1) is 12.4 Å². The summed E-state index contributed by atoms with van der Waals surface area (Å²) < 4.78 is 10.5. The van der Waals surface area contributed by atoms with Crippen LogP contribution in [0.3, 0.4) is 0 Å². The average molecular weight is 407 g/mol. The van der Waals surface area contributed by atoms with Gasteiger partial charge in [-0.1, -0.05) is 47.5 Å². The molecular formula is C18H22Cl3NO3. The third-order valence-electron chi connectivity index (χ3n) is 3.74. The van der Waals surface area contributed by atoms with E-state index in [4.69, 9.17) is 32.7 Å². The van der Waals surface area contributed by atoms with Crippen LogP contribution in [0.5, 0.6) is 11.5 Å². The standard InChI is InChI=1S/C18H21Cl2NO3.ClH/c1-23-16-8-7-12(17(20)18(16)24-2)9-10-21-11-15(22)13-5-3-4-6-14(13)19;/h3-8,15,21-22H,9-11H2,1-2H3;1H. The van der Waals surface area contributed by atoms with E-state index >= 15 is 0 Å². The Hall–Kier alpha value is -1.17. The summed E-state index contributed by atoms with van der Waals surface area (Å²) in [5.41, 5.74) is 1.67. The summed E-state index contributed by atoms with van der Waals surface area (Å²) in [5, 5.41) is 14.5. The largest absolute Gasteiger partial charge is 0.493 e. The molecule has 0 saturated heterocycles. The number of ether oxygens (including phenoxy) is 2. The minimum Gasteiger partial charge on any atom is -0.493 e. The molecule has 2 rings (SSSR count). The zero-order valence-electron chi connectivity index (χ0n) is 14.1. The van der Waals surface area contributed by atoms with Gasteiger partial charge in [-0.3, -0.25) is 0 Å². The van der Waals surface area contributed by atoms with Crippen LogP contribution in [0.15, 0.2) is 36.4 Å². The molecular weight excluding hydrogens is 385 g/mol. The molecule has 0 aliphatic heterocycles. The Morgan fingerprint density at radius 1 is 1.08 bits per heavy atom. The number of nitrogens with one attached hydrogen (secondary N) is 1. The molecule has 4 nitrogen and oxygen atoms in total. The first-order chi connectivity index (χ1) is 11.6. The van der Waals surface area contributed by atoms with Crippen molar-refractivity contribution in [2.45, 2.75) is 12.5 Å². The highest BCUT2D eigenvalue weighted by atomic mass is 35.5. The van der Waals surface area contributed by atoms with Gasteiger partial charge in [0, 0.05) is 17.1 Å². The second kappa shape index (κ2) is 10.7. The number of aliphatic hydroxyl groups is 1. The zero-order chi connectivity index (χ0) is 17.5. The predicted molar refractivity (Wildman–Crippen MR) is 105 cm³/mol. The SMILES string of the molecule is COc1ccc(CCNCC(O)c2ccccc2Cl)c(Cl)c1OC.Cl. The van der Waals surface area contributed by atoms with Crippen molar-refractivity contribution in [1.82, 2.24) is 5.32 Å². The van der Waals surface area contributed by atoms with Crippen LogP contribution < -0.4 is 14.8 Å². The molecule has 25 heavy (non-hydrogen) atoms. The Bertz CT molecular complexity index is 683. The number of hydrogen-bond donors (Lipinski definition) is 2. The van der Waals surface area contributed by atoms with Gasteiger partial charge in [0.15, 0.2) is 11.5 Å². The fraction of sp³-hybridized carbons (Fsp3) is 0.333. The summed E-state index contributed by atoms with van der Waals surface area (Å²) in [7, 11) is 3.14. The molecule has 0 radical (unpaired) electrons. The molecule has 0 amide bonds. The van der Waals surface area contributed by atoms with Crippen molar-refractivity contribution in [2.75, 3.05) is 27.3 Å². The molecule has 0 aromatic heterocycles. The van der Waals surface area contributed by atoms with E-state index in [1.807, 2.05) is 30.3 Å². The van der Waals surface area contributed by atoms with E-state index in [-0.39, 0.29) is 12.4 Å². The quantitative estimate of drug-likeness (QED) is 0.642. The van der Waals surface area contributed by atoms with E-state index in [1.165, 1.54) is 0 Å². The molecule has 0 spiro atoms. The molecule has 0 fully saturated rings. The van der Waals surface area contributed by atoms with Crippen molar-refractivity contribution < 1.29 is 14.6 Å². The van der Waals surface area contributed by atoms with Crippen LogP contribution in [0.4, 0.5) is 0 Å². The molecule has 0 heterocycles. The highest BCUT2D eigenvalue weighted by Gasteiger charge is 2.13. The van der Waals surface area contributed by atoms with Gasteiger partial charge >= 0.3 is 0 Å². The molecule has 0 saturated carbocycles. The fourth-order valence-corrected chi connectivity index (χ4v) is 3.03. The maximum Gasteiger partial charge on any atom is 0.179 e. The summed E-state index contributed by atoms with van der Waals surface area (Å²) in [6.45, 7) is 1.07. The third kappa shape index (κ3) is 5.66. The van der Waals surface area contributed by atoms with Gasteiger partial charge < -0.3 is 19.9 Å². The van der Waals surface area contributed by atoms with Crippen molar-refractivity contribution >= 4 is 35.6 Å². The first-order valence-electron chi connectivity index (χ1n) is 7.61. The van der Waals surface area contributed by atoms with Gasteiger partial charge in [0.05, 0.1) is 25.3 Å². The smallest absolute Gasteiger partial charge is 0.179 e. The minimum atomic E-state index is -0.653. The topological polar surface area (TPSA) is 50.7 Å². The van der Waals surface area contributed by atoms with Gasteiger partial charge in [-0.2, -0.15) is 0 Å². The van der Waals surface area contributed by atoms with Crippen molar-refractivity contribution in [3.8, 4) is 11.5 Å². The monoisotopic (exact) mass is 405 g/mol. The highest BCUT2D eigenvalue weighted by Crippen LogP contribution is 2.37. The van der Waals surface area contributed by atoms with Crippen LogP contribution in [0.1, 0.15) is 17.2 Å². The van der Waals surface area contributed by atoms with Gasteiger partial charge in [0.1, 0.15) is 0 Å². The van der Waals surface area contributed by atoms with Gasteiger partial charge in [0.2, 0.25) is 0 Å². The Morgan fingerprint density at radius 3 is 2.44 bits per heavy atom. The van der Waals surface area contributed by atoms with Crippen molar-refractivity contribution in [2.24, 2.45) is 0 Å². The lowest BCUT2D eigenvalue weighted by Gasteiger charge is -2.15. The van der Waals surface area contributed by atoms with Crippen LogP contribution in [-0.2, 0) is 6.42 Å². The molecule has 2 aromatic carbocycles. The molecule has 0 aliphatic rings. The first kappa shape index (κ1) is 21.9. The molecule has 0 bridgehead atoms. The van der Waals surface area contributed by atoms with Gasteiger partial charge in [-0.25, -0.2) is 0 Å². The fourth-order valence-electron chi connectivity index (χ4n) is 2.44. The molecule has 1 unspecified atom stereocenters.